The van der Waals surface area contributed by atoms with Crippen molar-refractivity contribution >= 4 is 11.9 Å². The molecule has 0 atom stereocenters. The molecule has 18 heavy (non-hydrogen) atoms. The number of likely N-dealkylation sites (tertiary alicyclic amines) is 1. The molecule has 0 aromatic rings. The molecule has 0 unspecified atom stereocenters. The van der Waals surface area contributed by atoms with Gasteiger partial charge in [-0.05, 0) is 25.7 Å². The van der Waals surface area contributed by atoms with Gasteiger partial charge in [0.2, 0.25) is 0 Å². The van der Waals surface area contributed by atoms with Gasteiger partial charge in [0.05, 0.1) is 5.54 Å². The minimum absolute atomic E-state index is 0.0374. The highest BCUT2D eigenvalue weighted by atomic mass is 16.2. The van der Waals surface area contributed by atoms with Crippen molar-refractivity contribution in [1.29, 1.82) is 5.41 Å². The van der Waals surface area contributed by atoms with Crippen LogP contribution < -0.4 is 11.1 Å². The topological polar surface area (TPSA) is 82.2 Å². The number of carbonyl (C=O) groups excluding carboxylic acids is 1. The molecule has 2 fully saturated rings. The van der Waals surface area contributed by atoms with E-state index in [1.807, 2.05) is 4.90 Å². The highest BCUT2D eigenvalue weighted by Gasteiger charge is 2.37. The van der Waals surface area contributed by atoms with E-state index in [1.54, 1.807) is 0 Å². The zero-order valence-electron chi connectivity index (χ0n) is 11.0. The van der Waals surface area contributed by atoms with Gasteiger partial charge in [0, 0.05) is 13.1 Å². The van der Waals surface area contributed by atoms with Gasteiger partial charge in [0.1, 0.15) is 5.84 Å². The van der Waals surface area contributed by atoms with Gasteiger partial charge >= 0.3 is 6.03 Å². The second kappa shape index (κ2) is 5.59. The van der Waals surface area contributed by atoms with E-state index in [0.29, 0.717) is 0 Å². The molecule has 4 N–H and O–H groups in total. The fraction of sp³-hybridized carbons (Fsp3) is 0.846. The van der Waals surface area contributed by atoms with Crippen LogP contribution in [0.5, 0.6) is 0 Å². The summed E-state index contributed by atoms with van der Waals surface area (Å²) in [6, 6.07) is -0.0374. The fourth-order valence-electron chi connectivity index (χ4n) is 3.00. The molecular weight excluding hydrogens is 228 g/mol. The Kier molecular flexibility index (Phi) is 4.09. The Morgan fingerprint density at radius 3 is 2.11 bits per heavy atom. The number of carbonyl (C=O) groups is 1. The third kappa shape index (κ3) is 2.76. The lowest BCUT2D eigenvalue weighted by Gasteiger charge is -2.34. The molecule has 5 nitrogen and oxygen atoms in total. The minimum atomic E-state index is -0.587. The summed E-state index contributed by atoms with van der Waals surface area (Å²) in [6.45, 7) is 1.67. The molecule has 0 radical (unpaired) electrons. The summed E-state index contributed by atoms with van der Waals surface area (Å²) in [5.41, 5.74) is 5.18. The van der Waals surface area contributed by atoms with Crippen LogP contribution in [0.4, 0.5) is 4.79 Å². The van der Waals surface area contributed by atoms with Crippen molar-refractivity contribution in [3.05, 3.63) is 0 Å². The van der Waals surface area contributed by atoms with E-state index in [2.05, 4.69) is 5.32 Å². The van der Waals surface area contributed by atoms with Crippen molar-refractivity contribution in [2.24, 2.45) is 5.73 Å². The first kappa shape index (κ1) is 13.2. The van der Waals surface area contributed by atoms with Crippen LogP contribution in [0, 0.1) is 5.41 Å². The Morgan fingerprint density at radius 2 is 1.61 bits per heavy atom. The van der Waals surface area contributed by atoms with Gasteiger partial charge in [-0.3, -0.25) is 5.41 Å². The van der Waals surface area contributed by atoms with Crippen molar-refractivity contribution in [2.45, 2.75) is 56.9 Å². The van der Waals surface area contributed by atoms with Crippen molar-refractivity contribution in [1.82, 2.24) is 10.2 Å². The maximum atomic E-state index is 12.2. The van der Waals surface area contributed by atoms with Gasteiger partial charge in [0.15, 0.2) is 0 Å². The Balaban J connectivity index is 2.04. The SMILES string of the molecule is N=C(N)C1(NC(=O)N2CCCC2)CCCCCC1. The molecule has 0 aromatic carbocycles. The number of hydrogen-bond acceptors (Lipinski definition) is 2. The van der Waals surface area contributed by atoms with Crippen LogP contribution in [-0.4, -0.2) is 35.4 Å². The number of nitrogens with two attached hydrogens (primary N) is 1. The molecule has 1 aliphatic carbocycles. The van der Waals surface area contributed by atoms with Gasteiger partial charge < -0.3 is 16.0 Å². The summed E-state index contributed by atoms with van der Waals surface area (Å²) >= 11 is 0. The van der Waals surface area contributed by atoms with Crippen molar-refractivity contribution in [3.63, 3.8) is 0 Å². The number of nitrogens with zero attached hydrogens (tertiary/aromatic N) is 1. The Hall–Kier alpha value is -1.26. The predicted octanol–water partition coefficient (Wildman–Crippen LogP) is 1.82. The molecule has 0 spiro atoms. The van der Waals surface area contributed by atoms with Crippen LogP contribution in [0.3, 0.4) is 0 Å². The zero-order valence-corrected chi connectivity index (χ0v) is 11.0. The van der Waals surface area contributed by atoms with E-state index in [9.17, 15) is 4.79 Å². The Bertz CT molecular complexity index is 315. The number of hydrogen-bond donors (Lipinski definition) is 3. The standard InChI is InChI=1S/C13H24N4O/c14-11(15)13(7-3-1-2-4-8-13)16-12(18)17-9-5-6-10-17/h1-10H2,(H3,14,15)(H,16,18). The third-order valence-electron chi connectivity index (χ3n) is 4.21. The summed E-state index contributed by atoms with van der Waals surface area (Å²) < 4.78 is 0. The number of rotatable bonds is 2. The third-order valence-corrected chi connectivity index (χ3v) is 4.21. The smallest absolute Gasteiger partial charge is 0.318 e. The van der Waals surface area contributed by atoms with E-state index in [4.69, 9.17) is 11.1 Å². The van der Waals surface area contributed by atoms with Crippen LogP contribution >= 0.6 is 0 Å². The lowest BCUT2D eigenvalue weighted by molar-refractivity contribution is 0.197. The van der Waals surface area contributed by atoms with E-state index in [0.717, 1.165) is 51.6 Å². The van der Waals surface area contributed by atoms with Gasteiger partial charge in [-0.1, -0.05) is 25.7 Å². The average molecular weight is 252 g/mol. The predicted molar refractivity (Wildman–Crippen MR) is 71.7 cm³/mol. The number of urea groups is 1. The molecule has 102 valence electrons. The van der Waals surface area contributed by atoms with Crippen molar-refractivity contribution in [3.8, 4) is 0 Å². The van der Waals surface area contributed by atoms with Crippen molar-refractivity contribution in [2.75, 3.05) is 13.1 Å². The van der Waals surface area contributed by atoms with Crippen LogP contribution in [0.15, 0.2) is 0 Å². The van der Waals surface area contributed by atoms with Gasteiger partial charge in [0.25, 0.3) is 0 Å². The fourth-order valence-corrected chi connectivity index (χ4v) is 3.00. The van der Waals surface area contributed by atoms with Crippen LogP contribution in [0.2, 0.25) is 0 Å². The summed E-state index contributed by atoms with van der Waals surface area (Å²) in [4.78, 5) is 14.0. The second-order valence-corrected chi connectivity index (χ2v) is 5.53. The molecule has 5 heteroatoms. The molecule has 0 aromatic heterocycles. The summed E-state index contributed by atoms with van der Waals surface area (Å²) in [5.74, 6) is 0.122. The molecule has 1 aliphatic heterocycles. The van der Waals surface area contributed by atoms with Crippen molar-refractivity contribution < 1.29 is 4.79 Å². The molecule has 2 rings (SSSR count). The Morgan fingerprint density at radius 1 is 1.06 bits per heavy atom. The molecule has 1 saturated heterocycles. The molecule has 2 amide bonds. The average Bonchev–Trinajstić information content (AvgIpc) is 2.77. The highest BCUT2D eigenvalue weighted by Crippen LogP contribution is 2.27. The number of nitrogens with one attached hydrogen (secondary N) is 2. The molecule has 2 aliphatic rings. The summed E-state index contributed by atoms with van der Waals surface area (Å²) in [6.07, 6.45) is 8.22. The molecular formula is C13H24N4O. The molecule has 1 saturated carbocycles. The number of amidine groups is 1. The second-order valence-electron chi connectivity index (χ2n) is 5.53. The quantitative estimate of drug-likeness (QED) is 0.398. The first-order chi connectivity index (χ1) is 8.64. The maximum Gasteiger partial charge on any atom is 0.318 e. The van der Waals surface area contributed by atoms with Gasteiger partial charge in [-0.15, -0.1) is 0 Å². The lowest BCUT2D eigenvalue weighted by Crippen LogP contribution is -2.59. The first-order valence-electron chi connectivity index (χ1n) is 7.06. The zero-order chi connectivity index (χ0) is 13.0. The summed E-state index contributed by atoms with van der Waals surface area (Å²) in [7, 11) is 0. The van der Waals surface area contributed by atoms with Crippen LogP contribution in [0.1, 0.15) is 51.4 Å². The van der Waals surface area contributed by atoms with E-state index >= 15 is 0 Å². The first-order valence-corrected chi connectivity index (χ1v) is 7.06. The van der Waals surface area contributed by atoms with Gasteiger partial charge in [-0.25, -0.2) is 4.79 Å². The number of amides is 2. The van der Waals surface area contributed by atoms with E-state index < -0.39 is 5.54 Å². The maximum absolute atomic E-state index is 12.2. The van der Waals surface area contributed by atoms with Crippen LogP contribution in [-0.2, 0) is 0 Å². The van der Waals surface area contributed by atoms with E-state index in [-0.39, 0.29) is 11.9 Å². The lowest BCUT2D eigenvalue weighted by atomic mass is 9.89. The Labute approximate surface area is 109 Å². The largest absolute Gasteiger partial charge is 0.386 e. The van der Waals surface area contributed by atoms with E-state index in [1.165, 1.54) is 12.8 Å². The molecule has 0 bridgehead atoms. The van der Waals surface area contributed by atoms with Crippen LogP contribution in [0.25, 0.3) is 0 Å². The monoisotopic (exact) mass is 252 g/mol. The summed E-state index contributed by atoms with van der Waals surface area (Å²) in [5, 5.41) is 10.9. The van der Waals surface area contributed by atoms with Gasteiger partial charge in [-0.2, -0.15) is 0 Å². The normalized spacial score (nSPS) is 23.4. The minimum Gasteiger partial charge on any atom is -0.386 e. The highest BCUT2D eigenvalue weighted by molar-refractivity contribution is 5.91. The molecule has 1 heterocycles.